The lowest BCUT2D eigenvalue weighted by atomic mass is 9.85. The molecule has 3 aliphatic rings. The van der Waals surface area contributed by atoms with E-state index in [1.54, 1.807) is 0 Å². The van der Waals surface area contributed by atoms with Crippen LogP contribution in [0.15, 0.2) is 30.3 Å². The van der Waals surface area contributed by atoms with Gasteiger partial charge in [-0.05, 0) is 44.1 Å². The summed E-state index contributed by atoms with van der Waals surface area (Å²) in [7, 11) is 0.297. The Balaban J connectivity index is 1.83. The van der Waals surface area contributed by atoms with Crippen LogP contribution in [0.3, 0.4) is 0 Å². The molecule has 0 unspecified atom stereocenters. The molecule has 2 aliphatic heterocycles. The molecule has 3 atom stereocenters. The van der Waals surface area contributed by atoms with Gasteiger partial charge in [0.2, 0.25) is 0 Å². The van der Waals surface area contributed by atoms with Crippen molar-refractivity contribution in [2.45, 2.75) is 37.7 Å². The number of benzene rings is 1. The molecule has 2 heterocycles. The van der Waals surface area contributed by atoms with E-state index >= 15 is 0 Å². The number of nitrogens with zero attached hydrogens (tertiary/aromatic N) is 1. The largest absolute Gasteiger partial charge is 0.410 e. The van der Waals surface area contributed by atoms with Crippen LogP contribution in [0.4, 0.5) is 0 Å². The van der Waals surface area contributed by atoms with Crippen molar-refractivity contribution in [3.8, 4) is 0 Å². The van der Waals surface area contributed by atoms with E-state index in [2.05, 4.69) is 42.0 Å². The van der Waals surface area contributed by atoms with Gasteiger partial charge in [0.1, 0.15) is 0 Å². The highest BCUT2D eigenvalue weighted by atomic mass is 16.5. The summed E-state index contributed by atoms with van der Waals surface area (Å²) < 4.78 is 6.42. The molecular formula is C14H18BNO. The molecule has 1 saturated carbocycles. The lowest BCUT2D eigenvalue weighted by molar-refractivity contribution is 0.0759. The van der Waals surface area contributed by atoms with Crippen LogP contribution >= 0.6 is 0 Å². The van der Waals surface area contributed by atoms with E-state index in [-0.39, 0.29) is 5.60 Å². The van der Waals surface area contributed by atoms with Gasteiger partial charge in [-0.1, -0.05) is 30.3 Å². The summed E-state index contributed by atoms with van der Waals surface area (Å²) in [5.74, 6) is 0.861. The van der Waals surface area contributed by atoms with Gasteiger partial charge in [-0.15, -0.1) is 0 Å². The van der Waals surface area contributed by atoms with Crippen LogP contribution in [0, 0.1) is 5.92 Å². The summed E-state index contributed by atoms with van der Waals surface area (Å²) >= 11 is 0. The second-order valence-electron chi connectivity index (χ2n) is 5.74. The molecule has 2 saturated heterocycles. The Hall–Kier alpha value is -0.795. The minimum absolute atomic E-state index is 0.00183. The van der Waals surface area contributed by atoms with Crippen molar-refractivity contribution >= 4 is 7.05 Å². The first kappa shape index (κ1) is 10.2. The van der Waals surface area contributed by atoms with Crippen molar-refractivity contribution in [3.63, 3.8) is 0 Å². The molecule has 88 valence electrons. The lowest BCUT2D eigenvalue weighted by Gasteiger charge is -2.31. The Morgan fingerprint density at radius 3 is 2.94 bits per heavy atom. The molecule has 3 heteroatoms. The highest BCUT2D eigenvalue weighted by molar-refractivity contribution is 6.48. The summed E-state index contributed by atoms with van der Waals surface area (Å²) in [5.41, 5.74) is 1.39. The van der Waals surface area contributed by atoms with Gasteiger partial charge in [-0.3, -0.25) is 0 Å². The van der Waals surface area contributed by atoms with Gasteiger partial charge in [0.05, 0.1) is 5.60 Å². The van der Waals surface area contributed by atoms with E-state index in [1.807, 2.05) is 0 Å². The molecule has 1 aromatic carbocycles. The van der Waals surface area contributed by atoms with Gasteiger partial charge < -0.3 is 9.47 Å². The van der Waals surface area contributed by atoms with E-state index in [0.29, 0.717) is 13.1 Å². The van der Waals surface area contributed by atoms with Gasteiger partial charge >= 0.3 is 7.05 Å². The molecule has 1 aromatic rings. The topological polar surface area (TPSA) is 12.5 Å². The number of hydrogen-bond donors (Lipinski definition) is 0. The van der Waals surface area contributed by atoms with E-state index in [9.17, 15) is 0 Å². The first-order valence-electron chi connectivity index (χ1n) is 6.80. The van der Waals surface area contributed by atoms with Crippen LogP contribution in [0.2, 0.25) is 6.82 Å². The van der Waals surface area contributed by atoms with Crippen molar-refractivity contribution in [2.24, 2.45) is 5.92 Å². The molecule has 0 amide bonds. The summed E-state index contributed by atoms with van der Waals surface area (Å²) in [4.78, 5) is 2.59. The third-order valence-corrected chi connectivity index (χ3v) is 5.04. The first-order chi connectivity index (χ1) is 8.31. The zero-order valence-corrected chi connectivity index (χ0v) is 10.3. The van der Waals surface area contributed by atoms with Crippen LogP contribution in [0.1, 0.15) is 24.8 Å². The maximum Gasteiger partial charge on any atom is 0.380 e. The molecular weight excluding hydrogens is 209 g/mol. The Labute approximate surface area is 103 Å². The molecule has 0 N–H and O–H groups in total. The third kappa shape index (κ3) is 1.19. The fourth-order valence-corrected chi connectivity index (χ4v) is 4.39. The minimum atomic E-state index is 0.00183. The highest BCUT2D eigenvalue weighted by Crippen LogP contribution is 2.56. The summed E-state index contributed by atoms with van der Waals surface area (Å²) in [5, 5.41) is 0. The van der Waals surface area contributed by atoms with E-state index in [4.69, 9.17) is 4.65 Å². The minimum Gasteiger partial charge on any atom is -0.410 e. The zero-order chi connectivity index (χ0) is 11.5. The quantitative estimate of drug-likeness (QED) is 0.683. The fourth-order valence-electron chi connectivity index (χ4n) is 4.39. The van der Waals surface area contributed by atoms with Crippen molar-refractivity contribution in [1.29, 1.82) is 0 Å². The van der Waals surface area contributed by atoms with E-state index in [0.717, 1.165) is 5.92 Å². The van der Waals surface area contributed by atoms with Gasteiger partial charge in [0.25, 0.3) is 0 Å². The standard InChI is InChI=1S/C14H18BNO/c1-15-16-10-8-11-7-9-14(17-15,13(11)16)12-5-3-2-4-6-12/h2-6,11,13H,7-10H2,1H3/t11-,13+,14+/m1/s1. The van der Waals surface area contributed by atoms with Crippen LogP contribution in [-0.4, -0.2) is 24.4 Å². The van der Waals surface area contributed by atoms with Crippen LogP contribution in [0.25, 0.3) is 0 Å². The highest BCUT2D eigenvalue weighted by Gasteiger charge is 2.62. The van der Waals surface area contributed by atoms with Gasteiger partial charge in [-0.2, -0.15) is 0 Å². The maximum absolute atomic E-state index is 6.42. The van der Waals surface area contributed by atoms with E-state index in [1.165, 1.54) is 31.4 Å². The first-order valence-corrected chi connectivity index (χ1v) is 6.80. The fraction of sp³-hybridized carbons (Fsp3) is 0.571. The predicted octanol–water partition coefficient (Wildman–Crippen LogP) is 2.51. The molecule has 4 rings (SSSR count). The second kappa shape index (κ2) is 3.36. The summed E-state index contributed by atoms with van der Waals surface area (Å²) in [6.45, 7) is 3.44. The van der Waals surface area contributed by atoms with Gasteiger partial charge in [0, 0.05) is 6.04 Å². The van der Waals surface area contributed by atoms with E-state index < -0.39 is 0 Å². The smallest absolute Gasteiger partial charge is 0.380 e. The molecule has 0 bridgehead atoms. The SMILES string of the molecule is CB1O[C@]2(c3ccccc3)CC[C@@H]3CCN1[C@@H]32. The van der Waals surface area contributed by atoms with Crippen molar-refractivity contribution in [2.75, 3.05) is 6.54 Å². The lowest BCUT2D eigenvalue weighted by Crippen LogP contribution is -2.38. The Bertz CT molecular complexity index is 437. The van der Waals surface area contributed by atoms with Gasteiger partial charge in [0.15, 0.2) is 0 Å². The molecule has 2 nitrogen and oxygen atoms in total. The summed E-state index contributed by atoms with van der Waals surface area (Å²) in [6, 6.07) is 11.5. The van der Waals surface area contributed by atoms with Crippen LogP contribution < -0.4 is 0 Å². The Kier molecular flexibility index (Phi) is 2.01. The maximum atomic E-state index is 6.42. The molecule has 1 aliphatic carbocycles. The Morgan fingerprint density at radius 2 is 2.12 bits per heavy atom. The summed E-state index contributed by atoms with van der Waals surface area (Å²) in [6.07, 6.45) is 3.91. The molecule has 0 spiro atoms. The Morgan fingerprint density at radius 1 is 1.29 bits per heavy atom. The zero-order valence-electron chi connectivity index (χ0n) is 10.3. The average molecular weight is 227 g/mol. The van der Waals surface area contributed by atoms with Crippen molar-refractivity contribution < 1.29 is 4.65 Å². The third-order valence-electron chi connectivity index (χ3n) is 5.04. The van der Waals surface area contributed by atoms with Gasteiger partial charge in [-0.25, -0.2) is 0 Å². The number of rotatable bonds is 1. The van der Waals surface area contributed by atoms with Crippen molar-refractivity contribution in [3.05, 3.63) is 35.9 Å². The van der Waals surface area contributed by atoms with Crippen molar-refractivity contribution in [1.82, 2.24) is 4.81 Å². The second-order valence-corrected chi connectivity index (χ2v) is 5.74. The molecule has 0 radical (unpaired) electrons. The molecule has 0 aromatic heterocycles. The molecule has 3 fully saturated rings. The molecule has 17 heavy (non-hydrogen) atoms. The average Bonchev–Trinajstić information content (AvgIpc) is 2.98. The predicted molar refractivity (Wildman–Crippen MR) is 68.7 cm³/mol. The van der Waals surface area contributed by atoms with Crippen LogP contribution in [-0.2, 0) is 10.3 Å². The van der Waals surface area contributed by atoms with Crippen LogP contribution in [0.5, 0.6) is 0 Å². The normalized spacial score (nSPS) is 39.9. The number of hydrogen-bond acceptors (Lipinski definition) is 2. The monoisotopic (exact) mass is 227 g/mol.